The van der Waals surface area contributed by atoms with Gasteiger partial charge in [-0.25, -0.2) is 4.98 Å². The Morgan fingerprint density at radius 1 is 1.14 bits per heavy atom. The van der Waals surface area contributed by atoms with Gasteiger partial charge in [0.25, 0.3) is 0 Å². The van der Waals surface area contributed by atoms with Crippen LogP contribution in [0.25, 0.3) is 0 Å². The Hall–Kier alpha value is -2.24. The van der Waals surface area contributed by atoms with Gasteiger partial charge in [-0.1, -0.05) is 0 Å². The summed E-state index contributed by atoms with van der Waals surface area (Å²) in [5.41, 5.74) is 2.09. The van der Waals surface area contributed by atoms with Crippen molar-refractivity contribution in [3.63, 3.8) is 0 Å². The lowest BCUT2D eigenvalue weighted by Crippen LogP contribution is -2.50. The second-order valence-electron chi connectivity index (χ2n) is 6.29. The van der Waals surface area contributed by atoms with Crippen LogP contribution in [0.1, 0.15) is 30.1 Å². The van der Waals surface area contributed by atoms with Crippen LogP contribution in [0, 0.1) is 12.8 Å². The first-order chi connectivity index (χ1) is 10.8. The highest BCUT2D eigenvalue weighted by molar-refractivity contribution is 5.42. The lowest BCUT2D eigenvalue weighted by molar-refractivity contribution is 0.425. The van der Waals surface area contributed by atoms with E-state index in [4.69, 9.17) is 0 Å². The number of nitrogens with zero attached hydrogens (tertiary/aromatic N) is 5. The summed E-state index contributed by atoms with van der Waals surface area (Å²) in [6.45, 7) is 4.89. The summed E-state index contributed by atoms with van der Waals surface area (Å²) in [7, 11) is 0. The fourth-order valence-electron chi connectivity index (χ4n) is 2.72. The predicted molar refractivity (Wildman–Crippen MR) is 85.0 cm³/mol. The van der Waals surface area contributed by atoms with Gasteiger partial charge in [-0.05, 0) is 31.9 Å². The van der Waals surface area contributed by atoms with Crippen LogP contribution in [0.15, 0.2) is 24.5 Å². The molecule has 1 aliphatic carbocycles. The average molecular weight is 296 g/mol. The van der Waals surface area contributed by atoms with E-state index >= 15 is 0 Å². The molecule has 0 radical (unpaired) electrons. The highest BCUT2D eigenvalue weighted by Gasteiger charge is 2.29. The van der Waals surface area contributed by atoms with Gasteiger partial charge in [0, 0.05) is 31.5 Å². The quantitative estimate of drug-likeness (QED) is 0.910. The molecule has 114 valence electrons. The Bertz CT molecular complexity index is 629. The third kappa shape index (κ3) is 2.86. The molecular formula is C16H20N6. The third-order valence-corrected chi connectivity index (χ3v) is 4.30. The first-order valence-corrected chi connectivity index (χ1v) is 7.89. The van der Waals surface area contributed by atoms with Crippen molar-refractivity contribution in [1.82, 2.24) is 20.2 Å². The standard InChI is InChI=1S/C16H20N6/c1-11-6-18-15(8-17-11)19-7-12-9-22(10-12)16-5-4-14(20-21-16)13-2-3-13/h4-6,8,12-13H,2-3,7,9-10H2,1H3,(H,18,19). The summed E-state index contributed by atoms with van der Waals surface area (Å²) in [5, 5.41) is 12.0. The number of hydrogen-bond donors (Lipinski definition) is 1. The first kappa shape index (κ1) is 13.4. The van der Waals surface area contributed by atoms with E-state index < -0.39 is 0 Å². The van der Waals surface area contributed by atoms with Crippen molar-refractivity contribution in [2.75, 3.05) is 29.9 Å². The normalized spacial score (nSPS) is 18.1. The summed E-state index contributed by atoms with van der Waals surface area (Å²) in [4.78, 5) is 10.8. The second-order valence-corrected chi connectivity index (χ2v) is 6.29. The largest absolute Gasteiger partial charge is 0.368 e. The molecular weight excluding hydrogens is 276 g/mol. The van der Waals surface area contributed by atoms with E-state index in [0.29, 0.717) is 11.8 Å². The molecule has 0 atom stereocenters. The van der Waals surface area contributed by atoms with Crippen LogP contribution < -0.4 is 10.2 Å². The van der Waals surface area contributed by atoms with Crippen molar-refractivity contribution in [3.8, 4) is 0 Å². The SMILES string of the molecule is Cc1cnc(NCC2CN(c3ccc(C4CC4)nn3)C2)cn1. The molecule has 6 heteroatoms. The van der Waals surface area contributed by atoms with Gasteiger partial charge in [-0.3, -0.25) is 4.98 Å². The number of anilines is 2. The molecule has 0 bridgehead atoms. The van der Waals surface area contributed by atoms with Crippen molar-refractivity contribution in [2.24, 2.45) is 5.92 Å². The zero-order valence-electron chi connectivity index (χ0n) is 12.7. The number of aromatic nitrogens is 4. The highest BCUT2D eigenvalue weighted by Crippen LogP contribution is 2.38. The maximum absolute atomic E-state index is 4.36. The van der Waals surface area contributed by atoms with Crippen molar-refractivity contribution < 1.29 is 0 Å². The molecule has 1 saturated heterocycles. The Balaban J connectivity index is 1.25. The molecule has 0 spiro atoms. The van der Waals surface area contributed by atoms with Crippen molar-refractivity contribution in [2.45, 2.75) is 25.7 Å². The van der Waals surface area contributed by atoms with Crippen molar-refractivity contribution in [1.29, 1.82) is 0 Å². The molecule has 2 fully saturated rings. The Labute approximate surface area is 130 Å². The lowest BCUT2D eigenvalue weighted by Gasteiger charge is -2.40. The molecule has 0 aromatic carbocycles. The zero-order valence-corrected chi connectivity index (χ0v) is 12.7. The molecule has 2 aromatic rings. The number of aryl methyl sites for hydroxylation is 1. The molecule has 6 nitrogen and oxygen atoms in total. The van der Waals surface area contributed by atoms with Gasteiger partial charge in [0.15, 0.2) is 5.82 Å². The Kier molecular flexibility index (Phi) is 3.36. The molecule has 2 aromatic heterocycles. The van der Waals surface area contributed by atoms with E-state index in [1.165, 1.54) is 12.8 Å². The third-order valence-electron chi connectivity index (χ3n) is 4.30. The molecule has 22 heavy (non-hydrogen) atoms. The average Bonchev–Trinajstić information content (AvgIpc) is 3.33. The van der Waals surface area contributed by atoms with Crippen molar-refractivity contribution >= 4 is 11.6 Å². The molecule has 1 aliphatic heterocycles. The summed E-state index contributed by atoms with van der Waals surface area (Å²) in [6.07, 6.45) is 6.11. The van der Waals surface area contributed by atoms with E-state index in [0.717, 1.165) is 42.7 Å². The molecule has 1 N–H and O–H groups in total. The van der Waals surface area contributed by atoms with Crippen LogP contribution in [-0.2, 0) is 0 Å². The van der Waals surface area contributed by atoms with Crippen LogP contribution in [0.5, 0.6) is 0 Å². The van der Waals surface area contributed by atoms with Crippen LogP contribution in [0.3, 0.4) is 0 Å². The van der Waals surface area contributed by atoms with E-state index in [1.54, 1.807) is 12.4 Å². The summed E-state index contributed by atoms with van der Waals surface area (Å²) in [5.74, 6) is 3.13. The molecule has 1 saturated carbocycles. The van der Waals surface area contributed by atoms with E-state index in [1.807, 2.05) is 6.92 Å². The topological polar surface area (TPSA) is 66.8 Å². The second kappa shape index (κ2) is 5.51. The Morgan fingerprint density at radius 3 is 2.64 bits per heavy atom. The van der Waals surface area contributed by atoms with Gasteiger partial charge in [0.1, 0.15) is 5.82 Å². The maximum Gasteiger partial charge on any atom is 0.151 e. The van der Waals surface area contributed by atoms with E-state index in [2.05, 4.69) is 42.5 Å². The minimum Gasteiger partial charge on any atom is -0.368 e. The van der Waals surface area contributed by atoms with E-state index in [9.17, 15) is 0 Å². The molecule has 3 heterocycles. The fraction of sp³-hybridized carbons (Fsp3) is 0.500. The highest BCUT2D eigenvalue weighted by atomic mass is 15.3. The van der Waals surface area contributed by atoms with Gasteiger partial charge in [-0.15, -0.1) is 5.10 Å². The van der Waals surface area contributed by atoms with E-state index in [-0.39, 0.29) is 0 Å². The predicted octanol–water partition coefficient (Wildman–Crippen LogP) is 2.00. The smallest absolute Gasteiger partial charge is 0.151 e. The first-order valence-electron chi connectivity index (χ1n) is 7.89. The summed E-state index contributed by atoms with van der Waals surface area (Å²) >= 11 is 0. The minimum atomic E-state index is 0.619. The van der Waals surface area contributed by atoms with Crippen LogP contribution >= 0.6 is 0 Å². The van der Waals surface area contributed by atoms with Gasteiger partial charge >= 0.3 is 0 Å². The van der Waals surface area contributed by atoms with Gasteiger partial charge in [-0.2, -0.15) is 5.10 Å². The fourth-order valence-corrected chi connectivity index (χ4v) is 2.72. The minimum absolute atomic E-state index is 0.619. The zero-order chi connectivity index (χ0) is 14.9. The van der Waals surface area contributed by atoms with Crippen LogP contribution in [-0.4, -0.2) is 39.8 Å². The van der Waals surface area contributed by atoms with Crippen molar-refractivity contribution in [3.05, 3.63) is 35.9 Å². The Morgan fingerprint density at radius 2 is 2.00 bits per heavy atom. The summed E-state index contributed by atoms with van der Waals surface area (Å²) in [6, 6.07) is 4.24. The van der Waals surface area contributed by atoms with Crippen LogP contribution in [0.4, 0.5) is 11.6 Å². The molecule has 0 amide bonds. The number of hydrogen-bond acceptors (Lipinski definition) is 6. The summed E-state index contributed by atoms with van der Waals surface area (Å²) < 4.78 is 0. The van der Waals surface area contributed by atoms with Gasteiger partial charge in [0.2, 0.25) is 0 Å². The maximum atomic E-state index is 4.36. The lowest BCUT2D eigenvalue weighted by atomic mass is 10.0. The van der Waals surface area contributed by atoms with Gasteiger partial charge < -0.3 is 10.2 Å². The molecule has 2 aliphatic rings. The number of rotatable bonds is 5. The number of nitrogens with one attached hydrogen (secondary N) is 1. The van der Waals surface area contributed by atoms with Gasteiger partial charge in [0.05, 0.1) is 23.8 Å². The monoisotopic (exact) mass is 296 g/mol. The molecule has 0 unspecified atom stereocenters. The van der Waals surface area contributed by atoms with Crippen LogP contribution in [0.2, 0.25) is 0 Å². The molecule has 4 rings (SSSR count).